The van der Waals surface area contributed by atoms with E-state index in [2.05, 4.69) is 20.0 Å². The lowest BCUT2D eigenvalue weighted by molar-refractivity contribution is -0.156. The Kier molecular flexibility index (Phi) is 3.75. The first-order chi connectivity index (χ1) is 10.4. The first-order valence-corrected chi connectivity index (χ1v) is 6.54. The predicted octanol–water partition coefficient (Wildman–Crippen LogP) is 1.77. The Balaban J connectivity index is 1.78. The molecule has 3 rings (SSSR count). The van der Waals surface area contributed by atoms with Gasteiger partial charge in [0.1, 0.15) is 11.6 Å². The van der Waals surface area contributed by atoms with Gasteiger partial charge in [-0.15, -0.1) is 0 Å². The zero-order chi connectivity index (χ0) is 15.7. The molecule has 22 heavy (non-hydrogen) atoms. The van der Waals surface area contributed by atoms with Crippen LogP contribution in [0.25, 0.3) is 11.1 Å². The van der Waals surface area contributed by atoms with Gasteiger partial charge in [-0.3, -0.25) is 4.79 Å². The second-order valence-corrected chi connectivity index (χ2v) is 4.75. The number of hydrogen-bond acceptors (Lipinski definition) is 5. The van der Waals surface area contributed by atoms with Crippen molar-refractivity contribution in [1.82, 2.24) is 10.3 Å². The molecule has 0 spiro atoms. The van der Waals surface area contributed by atoms with Crippen LogP contribution in [-0.2, 0) is 15.7 Å². The number of carbonyl (C=O) groups is 1. The van der Waals surface area contributed by atoms with Crippen LogP contribution in [0.5, 0.6) is 0 Å². The summed E-state index contributed by atoms with van der Waals surface area (Å²) in [7, 11) is 0. The van der Waals surface area contributed by atoms with E-state index in [9.17, 15) is 18.0 Å². The lowest BCUT2D eigenvalue weighted by Gasteiger charge is -2.22. The number of alkyl halides is 3. The molecule has 6 nitrogen and oxygen atoms in total. The summed E-state index contributed by atoms with van der Waals surface area (Å²) in [6, 6.07) is 4.09. The minimum Gasteiger partial charge on any atom is -0.433 e. The van der Waals surface area contributed by atoms with Crippen LogP contribution < -0.4 is 10.6 Å². The lowest BCUT2D eigenvalue weighted by atomic mass is 10.2. The highest BCUT2D eigenvalue weighted by Gasteiger charge is 2.37. The highest BCUT2D eigenvalue weighted by Crippen LogP contribution is 2.31. The van der Waals surface area contributed by atoms with Crippen LogP contribution in [0, 0.1) is 0 Å². The molecule has 1 aliphatic heterocycles. The fourth-order valence-electron chi connectivity index (χ4n) is 2.08. The van der Waals surface area contributed by atoms with E-state index in [0.29, 0.717) is 25.4 Å². The van der Waals surface area contributed by atoms with Gasteiger partial charge < -0.3 is 19.8 Å². The van der Waals surface area contributed by atoms with Gasteiger partial charge in [0.15, 0.2) is 5.58 Å². The van der Waals surface area contributed by atoms with Gasteiger partial charge in [0.25, 0.3) is 5.91 Å². The molecule has 1 saturated heterocycles. The van der Waals surface area contributed by atoms with Gasteiger partial charge in [-0.05, 0) is 18.2 Å². The molecule has 1 amide bonds. The standard InChI is InChI=1S/C13H12F3N3O3/c14-13(15,16)12-19-8-5-7(1-2-9(8)22-12)18-11(20)10-6-17-3-4-21-10/h1-2,5,10,17H,3-4,6H2,(H,18,20). The number of ether oxygens (including phenoxy) is 1. The third kappa shape index (κ3) is 3.04. The van der Waals surface area contributed by atoms with Gasteiger partial charge in [-0.1, -0.05) is 0 Å². The van der Waals surface area contributed by atoms with Crippen LogP contribution in [0.15, 0.2) is 22.6 Å². The molecule has 1 aliphatic rings. The van der Waals surface area contributed by atoms with Gasteiger partial charge >= 0.3 is 12.1 Å². The number of fused-ring (bicyclic) bond motifs is 1. The number of rotatable bonds is 2. The molecule has 1 fully saturated rings. The third-order valence-electron chi connectivity index (χ3n) is 3.12. The van der Waals surface area contributed by atoms with Crippen LogP contribution in [-0.4, -0.2) is 36.7 Å². The number of amides is 1. The minimum atomic E-state index is -4.65. The first kappa shape index (κ1) is 14.8. The number of aromatic nitrogens is 1. The second kappa shape index (κ2) is 5.58. The van der Waals surface area contributed by atoms with Crippen molar-refractivity contribution in [3.05, 3.63) is 24.1 Å². The molecule has 0 bridgehead atoms. The van der Waals surface area contributed by atoms with Crippen LogP contribution in [0.4, 0.5) is 18.9 Å². The van der Waals surface area contributed by atoms with Crippen molar-refractivity contribution in [2.45, 2.75) is 12.3 Å². The highest BCUT2D eigenvalue weighted by atomic mass is 19.4. The molecule has 0 aliphatic carbocycles. The predicted molar refractivity (Wildman–Crippen MR) is 70.3 cm³/mol. The molecule has 0 saturated carbocycles. The molecular weight excluding hydrogens is 303 g/mol. The number of hydrogen-bond donors (Lipinski definition) is 2. The third-order valence-corrected chi connectivity index (χ3v) is 3.12. The fourth-order valence-corrected chi connectivity index (χ4v) is 2.08. The molecule has 1 unspecified atom stereocenters. The van der Waals surface area contributed by atoms with E-state index in [4.69, 9.17) is 4.74 Å². The van der Waals surface area contributed by atoms with Crippen molar-refractivity contribution in [3.8, 4) is 0 Å². The average molecular weight is 315 g/mol. The number of oxazole rings is 1. The Morgan fingerprint density at radius 3 is 2.91 bits per heavy atom. The van der Waals surface area contributed by atoms with E-state index in [-0.39, 0.29) is 17.0 Å². The van der Waals surface area contributed by atoms with Gasteiger partial charge in [-0.25, -0.2) is 4.98 Å². The van der Waals surface area contributed by atoms with Crippen molar-refractivity contribution < 1.29 is 27.1 Å². The molecule has 1 aromatic carbocycles. The normalized spacial score (nSPS) is 19.3. The van der Waals surface area contributed by atoms with E-state index in [1.807, 2.05) is 0 Å². The second-order valence-electron chi connectivity index (χ2n) is 4.75. The largest absolute Gasteiger partial charge is 0.468 e. The average Bonchev–Trinajstić information content (AvgIpc) is 2.91. The van der Waals surface area contributed by atoms with E-state index < -0.39 is 18.2 Å². The van der Waals surface area contributed by atoms with E-state index >= 15 is 0 Å². The maximum absolute atomic E-state index is 12.5. The number of benzene rings is 1. The summed E-state index contributed by atoms with van der Waals surface area (Å²) in [5, 5.41) is 5.60. The van der Waals surface area contributed by atoms with Crippen molar-refractivity contribution in [2.75, 3.05) is 25.0 Å². The molecule has 1 atom stereocenters. The van der Waals surface area contributed by atoms with Gasteiger partial charge in [0.2, 0.25) is 0 Å². The lowest BCUT2D eigenvalue weighted by Crippen LogP contribution is -2.45. The summed E-state index contributed by atoms with van der Waals surface area (Å²) in [5.41, 5.74) is 0.349. The Morgan fingerprint density at radius 1 is 1.41 bits per heavy atom. The maximum atomic E-state index is 12.5. The quantitative estimate of drug-likeness (QED) is 0.883. The fraction of sp³-hybridized carbons (Fsp3) is 0.385. The van der Waals surface area contributed by atoms with E-state index in [1.165, 1.54) is 18.2 Å². The summed E-state index contributed by atoms with van der Waals surface area (Å²) in [5.74, 6) is -1.68. The van der Waals surface area contributed by atoms with Gasteiger partial charge in [0, 0.05) is 18.8 Å². The Labute approximate surface area is 122 Å². The van der Waals surface area contributed by atoms with Crippen molar-refractivity contribution >= 4 is 22.7 Å². The maximum Gasteiger partial charge on any atom is 0.468 e. The number of morpholine rings is 1. The molecule has 9 heteroatoms. The Morgan fingerprint density at radius 2 is 2.23 bits per heavy atom. The van der Waals surface area contributed by atoms with Crippen LogP contribution in [0.3, 0.4) is 0 Å². The molecule has 1 aromatic heterocycles. The highest BCUT2D eigenvalue weighted by molar-refractivity contribution is 5.95. The zero-order valence-electron chi connectivity index (χ0n) is 11.2. The summed E-state index contributed by atoms with van der Waals surface area (Å²) < 4.78 is 47.5. The zero-order valence-corrected chi connectivity index (χ0v) is 11.2. The Bertz CT molecular complexity index is 693. The summed E-state index contributed by atoms with van der Waals surface area (Å²) in [4.78, 5) is 15.3. The van der Waals surface area contributed by atoms with Crippen molar-refractivity contribution in [2.24, 2.45) is 0 Å². The molecular formula is C13H12F3N3O3. The summed E-state index contributed by atoms with van der Waals surface area (Å²) in [6.45, 7) is 1.49. The summed E-state index contributed by atoms with van der Waals surface area (Å²) in [6.07, 6.45) is -5.28. The van der Waals surface area contributed by atoms with E-state index in [1.54, 1.807) is 0 Å². The molecule has 0 radical (unpaired) electrons. The first-order valence-electron chi connectivity index (χ1n) is 6.54. The number of anilines is 1. The van der Waals surface area contributed by atoms with Gasteiger partial charge in [-0.2, -0.15) is 13.2 Å². The number of carbonyl (C=O) groups excluding carboxylic acids is 1. The number of nitrogens with zero attached hydrogens (tertiary/aromatic N) is 1. The van der Waals surface area contributed by atoms with Gasteiger partial charge in [0.05, 0.1) is 6.61 Å². The monoisotopic (exact) mass is 315 g/mol. The van der Waals surface area contributed by atoms with Crippen LogP contribution in [0.1, 0.15) is 5.89 Å². The molecule has 118 valence electrons. The molecule has 2 aromatic rings. The minimum absolute atomic E-state index is 0.000840. The van der Waals surface area contributed by atoms with Crippen LogP contribution in [0.2, 0.25) is 0 Å². The van der Waals surface area contributed by atoms with Crippen LogP contribution >= 0.6 is 0 Å². The topological polar surface area (TPSA) is 76.4 Å². The SMILES string of the molecule is O=C(Nc1ccc2oc(C(F)(F)F)nc2c1)C1CNCCO1. The number of nitrogens with one attached hydrogen (secondary N) is 2. The molecule has 2 N–H and O–H groups in total. The van der Waals surface area contributed by atoms with Crippen molar-refractivity contribution in [3.63, 3.8) is 0 Å². The smallest absolute Gasteiger partial charge is 0.433 e. The summed E-state index contributed by atoms with van der Waals surface area (Å²) >= 11 is 0. The van der Waals surface area contributed by atoms with Crippen molar-refractivity contribution in [1.29, 1.82) is 0 Å². The van der Waals surface area contributed by atoms with E-state index in [0.717, 1.165) is 0 Å². The molecule has 2 heterocycles. The Hall–Kier alpha value is -2.13. The number of halogens is 3.